The average molecular weight is 245 g/mol. The highest BCUT2D eigenvalue weighted by Crippen LogP contribution is 2.49. The highest BCUT2D eigenvalue weighted by atomic mass is 16.3. The van der Waals surface area contributed by atoms with Crippen molar-refractivity contribution in [1.82, 2.24) is 5.32 Å². The highest BCUT2D eigenvalue weighted by molar-refractivity contribution is 5.25. The summed E-state index contributed by atoms with van der Waals surface area (Å²) in [6.45, 7) is 3.25. The largest absolute Gasteiger partial charge is 0.508 e. The molecule has 1 aromatic rings. The first kappa shape index (κ1) is 12.0. The fourth-order valence-corrected chi connectivity index (χ4v) is 3.95. The topological polar surface area (TPSA) is 32.3 Å². The molecule has 2 bridgehead atoms. The van der Waals surface area contributed by atoms with Crippen LogP contribution in [0.2, 0.25) is 0 Å². The Morgan fingerprint density at radius 1 is 1.22 bits per heavy atom. The molecule has 0 saturated heterocycles. The molecule has 0 heterocycles. The highest BCUT2D eigenvalue weighted by Gasteiger charge is 2.41. The van der Waals surface area contributed by atoms with Crippen molar-refractivity contribution in [1.29, 1.82) is 0 Å². The number of benzene rings is 1. The molecule has 2 aliphatic rings. The number of nitrogens with one attached hydrogen (secondary N) is 1. The molecule has 4 atom stereocenters. The third-order valence-corrected chi connectivity index (χ3v) is 5.00. The van der Waals surface area contributed by atoms with Crippen LogP contribution in [0.1, 0.15) is 38.2 Å². The van der Waals surface area contributed by atoms with Crippen LogP contribution in [0.4, 0.5) is 0 Å². The van der Waals surface area contributed by atoms with Gasteiger partial charge in [0.25, 0.3) is 0 Å². The molecule has 2 saturated carbocycles. The fourth-order valence-electron chi connectivity index (χ4n) is 3.95. The molecule has 4 unspecified atom stereocenters. The molecule has 2 nitrogen and oxygen atoms in total. The predicted octanol–water partition coefficient (Wildman–Crippen LogP) is 3.31. The summed E-state index contributed by atoms with van der Waals surface area (Å²) in [6, 6.07) is 8.14. The second-order valence-corrected chi connectivity index (χ2v) is 6.17. The third kappa shape index (κ3) is 2.39. The predicted molar refractivity (Wildman–Crippen MR) is 73.3 cm³/mol. The van der Waals surface area contributed by atoms with Crippen LogP contribution in [0.25, 0.3) is 0 Å². The standard InChI is InChI=1S/C16H23NO/c1-11(16-9-13-2-5-14(16)8-13)17-10-12-3-6-15(18)7-4-12/h3-4,6-7,11,13-14,16-18H,2,5,8-10H2,1H3. The fraction of sp³-hybridized carbons (Fsp3) is 0.625. The van der Waals surface area contributed by atoms with Gasteiger partial charge in [-0.15, -0.1) is 0 Å². The van der Waals surface area contributed by atoms with Crippen LogP contribution in [0.5, 0.6) is 5.75 Å². The molecule has 0 radical (unpaired) electrons. The summed E-state index contributed by atoms with van der Waals surface area (Å²) in [5.41, 5.74) is 1.25. The molecule has 98 valence electrons. The van der Waals surface area contributed by atoms with Crippen molar-refractivity contribution < 1.29 is 5.11 Å². The van der Waals surface area contributed by atoms with Gasteiger partial charge in [0.15, 0.2) is 0 Å². The van der Waals surface area contributed by atoms with Crippen molar-refractivity contribution >= 4 is 0 Å². The normalized spacial score (nSPS) is 31.7. The van der Waals surface area contributed by atoms with E-state index in [1.54, 1.807) is 12.1 Å². The summed E-state index contributed by atoms with van der Waals surface area (Å²) in [6.07, 6.45) is 5.86. The van der Waals surface area contributed by atoms with Gasteiger partial charge in [0.1, 0.15) is 5.75 Å². The van der Waals surface area contributed by atoms with E-state index in [9.17, 15) is 5.11 Å². The number of hydrogen-bond donors (Lipinski definition) is 2. The first-order chi connectivity index (χ1) is 8.72. The van der Waals surface area contributed by atoms with E-state index < -0.39 is 0 Å². The smallest absolute Gasteiger partial charge is 0.115 e. The lowest BCUT2D eigenvalue weighted by Crippen LogP contribution is -2.35. The molecule has 2 aliphatic carbocycles. The summed E-state index contributed by atoms with van der Waals surface area (Å²) in [5.74, 6) is 3.25. The van der Waals surface area contributed by atoms with E-state index >= 15 is 0 Å². The molecular formula is C16H23NO. The maximum Gasteiger partial charge on any atom is 0.115 e. The van der Waals surface area contributed by atoms with Crippen molar-refractivity contribution in [2.45, 2.75) is 45.2 Å². The maximum absolute atomic E-state index is 9.26. The quantitative estimate of drug-likeness (QED) is 0.853. The first-order valence-corrected chi connectivity index (χ1v) is 7.23. The second-order valence-electron chi connectivity index (χ2n) is 6.17. The van der Waals surface area contributed by atoms with Gasteiger partial charge < -0.3 is 10.4 Å². The number of phenolic OH excluding ortho intramolecular Hbond substituents is 1. The van der Waals surface area contributed by atoms with Crippen molar-refractivity contribution in [3.63, 3.8) is 0 Å². The lowest BCUT2D eigenvalue weighted by molar-refractivity contribution is 0.259. The van der Waals surface area contributed by atoms with Crippen LogP contribution in [0, 0.1) is 17.8 Å². The van der Waals surface area contributed by atoms with Crippen LogP contribution in [0.15, 0.2) is 24.3 Å². The molecule has 18 heavy (non-hydrogen) atoms. The summed E-state index contributed by atoms with van der Waals surface area (Å²) in [7, 11) is 0. The van der Waals surface area contributed by atoms with Crippen molar-refractivity contribution in [2.75, 3.05) is 0 Å². The van der Waals surface area contributed by atoms with E-state index in [2.05, 4.69) is 12.2 Å². The maximum atomic E-state index is 9.26. The summed E-state index contributed by atoms with van der Waals surface area (Å²) in [4.78, 5) is 0. The zero-order valence-electron chi connectivity index (χ0n) is 11.1. The van der Waals surface area contributed by atoms with Crippen LogP contribution in [0.3, 0.4) is 0 Å². The van der Waals surface area contributed by atoms with Crippen LogP contribution < -0.4 is 5.32 Å². The lowest BCUT2D eigenvalue weighted by Gasteiger charge is -2.28. The van der Waals surface area contributed by atoms with Crippen LogP contribution in [-0.4, -0.2) is 11.1 Å². The van der Waals surface area contributed by atoms with E-state index in [4.69, 9.17) is 0 Å². The molecule has 0 aromatic heterocycles. The minimum Gasteiger partial charge on any atom is -0.508 e. The Morgan fingerprint density at radius 3 is 2.61 bits per heavy atom. The molecular weight excluding hydrogens is 222 g/mol. The molecule has 0 aliphatic heterocycles. The SMILES string of the molecule is CC(NCc1ccc(O)cc1)C1CC2CCC1C2. The summed E-state index contributed by atoms with van der Waals surface area (Å²) < 4.78 is 0. The molecule has 3 rings (SSSR count). The van der Waals surface area contributed by atoms with Gasteiger partial charge in [-0.05, 0) is 61.6 Å². The van der Waals surface area contributed by atoms with E-state index in [1.807, 2.05) is 12.1 Å². The number of hydrogen-bond acceptors (Lipinski definition) is 2. The Labute approximate surface area is 109 Å². The van der Waals surface area contributed by atoms with Crippen molar-refractivity contribution in [2.24, 2.45) is 17.8 Å². The van der Waals surface area contributed by atoms with Gasteiger partial charge in [-0.3, -0.25) is 0 Å². The molecule has 0 amide bonds. The van der Waals surface area contributed by atoms with E-state index in [0.717, 1.165) is 24.3 Å². The van der Waals surface area contributed by atoms with E-state index in [0.29, 0.717) is 11.8 Å². The van der Waals surface area contributed by atoms with Gasteiger partial charge in [-0.25, -0.2) is 0 Å². The minimum absolute atomic E-state index is 0.347. The van der Waals surface area contributed by atoms with Crippen LogP contribution >= 0.6 is 0 Å². The Kier molecular flexibility index (Phi) is 3.29. The molecule has 1 aromatic carbocycles. The van der Waals surface area contributed by atoms with E-state index in [-0.39, 0.29) is 0 Å². The molecule has 2 heteroatoms. The van der Waals surface area contributed by atoms with E-state index in [1.165, 1.54) is 31.2 Å². The summed E-state index contributed by atoms with van der Waals surface area (Å²) >= 11 is 0. The lowest BCUT2D eigenvalue weighted by atomic mass is 9.84. The number of rotatable bonds is 4. The number of phenols is 1. The molecule has 0 spiro atoms. The zero-order valence-corrected chi connectivity index (χ0v) is 11.1. The third-order valence-electron chi connectivity index (χ3n) is 5.00. The van der Waals surface area contributed by atoms with Crippen molar-refractivity contribution in [3.8, 4) is 5.75 Å². The first-order valence-electron chi connectivity index (χ1n) is 7.23. The van der Waals surface area contributed by atoms with Crippen molar-refractivity contribution in [3.05, 3.63) is 29.8 Å². The van der Waals surface area contributed by atoms with Crippen LogP contribution in [-0.2, 0) is 6.54 Å². The Balaban J connectivity index is 1.52. The van der Waals surface area contributed by atoms with Gasteiger partial charge in [0.2, 0.25) is 0 Å². The zero-order chi connectivity index (χ0) is 12.5. The summed E-state index contributed by atoms with van der Waals surface area (Å²) in [5, 5.41) is 12.9. The Bertz CT molecular complexity index is 400. The van der Waals surface area contributed by atoms with Gasteiger partial charge in [0, 0.05) is 12.6 Å². The van der Waals surface area contributed by atoms with Gasteiger partial charge >= 0.3 is 0 Å². The van der Waals surface area contributed by atoms with Gasteiger partial charge in [0.05, 0.1) is 0 Å². The Hall–Kier alpha value is -1.02. The van der Waals surface area contributed by atoms with Gasteiger partial charge in [-0.1, -0.05) is 18.6 Å². The average Bonchev–Trinajstić information content (AvgIpc) is 3.00. The number of fused-ring (bicyclic) bond motifs is 2. The minimum atomic E-state index is 0.347. The Morgan fingerprint density at radius 2 is 2.00 bits per heavy atom. The number of aromatic hydroxyl groups is 1. The molecule has 2 N–H and O–H groups in total. The van der Waals surface area contributed by atoms with Gasteiger partial charge in [-0.2, -0.15) is 0 Å². The molecule has 2 fully saturated rings. The second kappa shape index (κ2) is 4.93. The monoisotopic (exact) mass is 245 g/mol.